The van der Waals surface area contributed by atoms with Crippen molar-refractivity contribution in [3.8, 4) is 0 Å². The van der Waals surface area contributed by atoms with Crippen molar-refractivity contribution in [2.45, 2.75) is 6.54 Å². The van der Waals surface area contributed by atoms with Crippen LogP contribution in [0, 0.1) is 0 Å². The lowest BCUT2D eigenvalue weighted by atomic mass is 10.1. The van der Waals surface area contributed by atoms with Crippen LogP contribution in [0.15, 0.2) is 78.9 Å². The molecule has 0 heterocycles. The van der Waals surface area contributed by atoms with Gasteiger partial charge in [-0.05, 0) is 42.0 Å². The van der Waals surface area contributed by atoms with E-state index < -0.39 is 18.5 Å². The zero-order chi connectivity index (χ0) is 22.2. The van der Waals surface area contributed by atoms with E-state index in [9.17, 15) is 14.4 Å². The van der Waals surface area contributed by atoms with Gasteiger partial charge in [-0.25, -0.2) is 4.79 Å². The van der Waals surface area contributed by atoms with Gasteiger partial charge in [0.2, 0.25) is 0 Å². The molecule has 0 aromatic heterocycles. The quantitative estimate of drug-likeness (QED) is 0.566. The Hall–Kier alpha value is -3.64. The normalized spacial score (nSPS) is 10.3. The summed E-state index contributed by atoms with van der Waals surface area (Å²) in [6.07, 6.45) is 0. The zero-order valence-electron chi connectivity index (χ0n) is 16.9. The smallest absolute Gasteiger partial charge is 0.339 e. The van der Waals surface area contributed by atoms with Crippen LogP contribution < -0.4 is 10.2 Å². The number of ether oxygens (including phenoxy) is 1. The monoisotopic (exact) mass is 436 g/mol. The Morgan fingerprint density at radius 1 is 0.871 bits per heavy atom. The molecule has 0 aliphatic rings. The largest absolute Gasteiger partial charge is 0.452 e. The number of amides is 2. The fraction of sp³-hybridized carbons (Fsp3) is 0.125. The molecule has 0 unspecified atom stereocenters. The second-order valence-electron chi connectivity index (χ2n) is 6.72. The Morgan fingerprint density at radius 3 is 2.16 bits per heavy atom. The summed E-state index contributed by atoms with van der Waals surface area (Å²) in [5, 5.41) is 3.27. The first kappa shape index (κ1) is 22.1. The molecule has 158 valence electrons. The van der Waals surface area contributed by atoms with Gasteiger partial charge in [0.25, 0.3) is 11.8 Å². The maximum Gasteiger partial charge on any atom is 0.339 e. The van der Waals surface area contributed by atoms with Crippen LogP contribution in [-0.4, -0.2) is 31.4 Å². The van der Waals surface area contributed by atoms with Gasteiger partial charge < -0.3 is 15.0 Å². The van der Waals surface area contributed by atoms with Crippen LogP contribution in [-0.2, 0) is 16.1 Å². The zero-order valence-corrected chi connectivity index (χ0v) is 17.6. The predicted octanol–water partition coefficient (Wildman–Crippen LogP) is 4.09. The highest BCUT2D eigenvalue weighted by atomic mass is 35.5. The Morgan fingerprint density at radius 2 is 1.48 bits per heavy atom. The summed E-state index contributed by atoms with van der Waals surface area (Å²) in [5.41, 5.74) is 1.85. The van der Waals surface area contributed by atoms with Crippen molar-refractivity contribution >= 4 is 35.1 Å². The van der Waals surface area contributed by atoms with E-state index in [1.165, 1.54) is 11.0 Å². The van der Waals surface area contributed by atoms with Gasteiger partial charge in [0.15, 0.2) is 6.61 Å². The number of anilines is 1. The Labute approximate surface area is 185 Å². The number of benzene rings is 3. The van der Waals surface area contributed by atoms with E-state index >= 15 is 0 Å². The summed E-state index contributed by atoms with van der Waals surface area (Å²) in [7, 11) is 1.63. The van der Waals surface area contributed by atoms with E-state index in [1.807, 2.05) is 18.2 Å². The van der Waals surface area contributed by atoms with Crippen LogP contribution in [0.1, 0.15) is 26.3 Å². The van der Waals surface area contributed by atoms with Crippen molar-refractivity contribution in [3.05, 3.63) is 101 Å². The number of hydrogen-bond acceptors (Lipinski definition) is 4. The highest BCUT2D eigenvalue weighted by Gasteiger charge is 2.22. The van der Waals surface area contributed by atoms with Crippen molar-refractivity contribution < 1.29 is 19.1 Å². The molecule has 0 aliphatic heterocycles. The molecule has 0 radical (unpaired) electrons. The summed E-state index contributed by atoms with van der Waals surface area (Å²) >= 11 is 5.83. The SMILES string of the molecule is CN(C(=O)c1ccccc1C(=O)OCC(=O)NCc1ccc(Cl)cc1)c1ccccc1. The maximum atomic E-state index is 12.9. The van der Waals surface area contributed by atoms with E-state index in [1.54, 1.807) is 61.6 Å². The fourth-order valence-corrected chi connectivity index (χ4v) is 2.99. The number of rotatable bonds is 7. The Kier molecular flexibility index (Phi) is 7.40. The Balaban J connectivity index is 1.61. The summed E-state index contributed by atoms with van der Waals surface area (Å²) < 4.78 is 5.13. The number of esters is 1. The molecule has 0 atom stereocenters. The summed E-state index contributed by atoms with van der Waals surface area (Å²) in [6, 6.07) is 22.5. The van der Waals surface area contributed by atoms with Crippen molar-refractivity contribution in [3.63, 3.8) is 0 Å². The molecule has 0 bridgehead atoms. The predicted molar refractivity (Wildman–Crippen MR) is 119 cm³/mol. The highest BCUT2D eigenvalue weighted by molar-refractivity contribution is 6.30. The van der Waals surface area contributed by atoms with Crippen LogP contribution in [0.25, 0.3) is 0 Å². The fourth-order valence-electron chi connectivity index (χ4n) is 2.86. The molecule has 3 rings (SSSR count). The number of carbonyl (C=O) groups excluding carboxylic acids is 3. The number of hydrogen-bond donors (Lipinski definition) is 1. The van der Waals surface area contributed by atoms with Gasteiger partial charge in [-0.2, -0.15) is 0 Å². The molecule has 3 aromatic rings. The topological polar surface area (TPSA) is 75.7 Å². The van der Waals surface area contributed by atoms with Gasteiger partial charge in [-0.3, -0.25) is 9.59 Å². The third kappa shape index (κ3) is 5.93. The van der Waals surface area contributed by atoms with Gasteiger partial charge in [-0.1, -0.05) is 54.1 Å². The van der Waals surface area contributed by atoms with E-state index in [2.05, 4.69) is 5.32 Å². The Bertz CT molecular complexity index is 1070. The number of nitrogens with zero attached hydrogens (tertiary/aromatic N) is 1. The number of para-hydroxylation sites is 1. The van der Waals surface area contributed by atoms with Crippen molar-refractivity contribution in [1.82, 2.24) is 5.32 Å². The minimum Gasteiger partial charge on any atom is -0.452 e. The molecule has 1 N–H and O–H groups in total. The van der Waals surface area contributed by atoms with Crippen molar-refractivity contribution in [2.75, 3.05) is 18.6 Å². The second-order valence-corrected chi connectivity index (χ2v) is 7.16. The average molecular weight is 437 g/mol. The molecule has 0 saturated heterocycles. The van der Waals surface area contributed by atoms with Gasteiger partial charge in [0.1, 0.15) is 0 Å². The second kappa shape index (κ2) is 10.4. The first-order valence-electron chi connectivity index (χ1n) is 9.56. The maximum absolute atomic E-state index is 12.9. The molecular formula is C24H21ClN2O4. The lowest BCUT2D eigenvalue weighted by Gasteiger charge is -2.18. The van der Waals surface area contributed by atoms with Gasteiger partial charge >= 0.3 is 5.97 Å². The lowest BCUT2D eigenvalue weighted by Crippen LogP contribution is -2.30. The first-order valence-corrected chi connectivity index (χ1v) is 9.94. The highest BCUT2D eigenvalue weighted by Crippen LogP contribution is 2.18. The summed E-state index contributed by atoms with van der Waals surface area (Å²) in [4.78, 5) is 39.0. The molecule has 3 aromatic carbocycles. The van der Waals surface area contributed by atoms with Crippen molar-refractivity contribution in [2.24, 2.45) is 0 Å². The molecule has 6 nitrogen and oxygen atoms in total. The number of halogens is 1. The van der Waals surface area contributed by atoms with Crippen LogP contribution in [0.2, 0.25) is 5.02 Å². The van der Waals surface area contributed by atoms with E-state index in [-0.39, 0.29) is 23.6 Å². The molecule has 0 fully saturated rings. The molecule has 0 spiro atoms. The summed E-state index contributed by atoms with van der Waals surface area (Å²) in [5.74, 6) is -1.55. The third-order valence-corrected chi connectivity index (χ3v) is 4.81. The molecule has 7 heteroatoms. The number of nitrogens with one attached hydrogen (secondary N) is 1. The van der Waals surface area contributed by atoms with Crippen LogP contribution in [0.5, 0.6) is 0 Å². The minimum absolute atomic E-state index is 0.0979. The van der Waals surface area contributed by atoms with Crippen LogP contribution >= 0.6 is 11.6 Å². The molecule has 31 heavy (non-hydrogen) atoms. The van der Waals surface area contributed by atoms with Gasteiger partial charge in [0.05, 0.1) is 11.1 Å². The average Bonchev–Trinajstić information content (AvgIpc) is 2.81. The molecule has 0 saturated carbocycles. The first-order chi connectivity index (χ1) is 15.0. The third-order valence-electron chi connectivity index (χ3n) is 4.56. The van der Waals surface area contributed by atoms with E-state index in [0.29, 0.717) is 10.7 Å². The molecule has 2 amide bonds. The minimum atomic E-state index is -0.743. The molecular weight excluding hydrogens is 416 g/mol. The van der Waals surface area contributed by atoms with E-state index in [4.69, 9.17) is 16.3 Å². The molecule has 0 aliphatic carbocycles. The number of carbonyl (C=O) groups is 3. The standard InChI is InChI=1S/C24H21ClN2O4/c1-27(19-7-3-2-4-8-19)23(29)20-9-5-6-10-21(20)24(30)31-16-22(28)26-15-17-11-13-18(25)14-12-17/h2-14H,15-16H2,1H3,(H,26,28). The summed E-state index contributed by atoms with van der Waals surface area (Å²) in [6.45, 7) is -0.173. The van der Waals surface area contributed by atoms with Gasteiger partial charge in [-0.15, -0.1) is 0 Å². The lowest BCUT2D eigenvalue weighted by molar-refractivity contribution is -0.124. The van der Waals surface area contributed by atoms with Crippen LogP contribution in [0.4, 0.5) is 5.69 Å². The van der Waals surface area contributed by atoms with Gasteiger partial charge in [0, 0.05) is 24.3 Å². The van der Waals surface area contributed by atoms with E-state index in [0.717, 1.165) is 5.56 Å². The van der Waals surface area contributed by atoms with Crippen molar-refractivity contribution in [1.29, 1.82) is 0 Å². The van der Waals surface area contributed by atoms with Crippen LogP contribution in [0.3, 0.4) is 0 Å².